The highest BCUT2D eigenvalue weighted by Gasteiger charge is 2.38. The maximum atomic E-state index is 5.79. The third-order valence-electron chi connectivity index (χ3n) is 1.98. The lowest BCUT2D eigenvalue weighted by molar-refractivity contribution is 0.0672. The van der Waals surface area contributed by atoms with E-state index in [1.807, 2.05) is 13.8 Å². The van der Waals surface area contributed by atoms with Crippen molar-refractivity contribution in [3.05, 3.63) is 0 Å². The van der Waals surface area contributed by atoms with Crippen LogP contribution in [0, 0.1) is 0 Å². The van der Waals surface area contributed by atoms with Gasteiger partial charge in [-0.3, -0.25) is 0 Å². The van der Waals surface area contributed by atoms with Crippen molar-refractivity contribution in [3.63, 3.8) is 0 Å². The van der Waals surface area contributed by atoms with Crippen LogP contribution in [0.2, 0.25) is 6.04 Å². The van der Waals surface area contributed by atoms with E-state index in [-0.39, 0.29) is 0 Å². The summed E-state index contributed by atoms with van der Waals surface area (Å²) in [5.41, 5.74) is 0. The first-order chi connectivity index (χ1) is 6.74. The summed E-state index contributed by atoms with van der Waals surface area (Å²) in [4.78, 5) is 0. The Morgan fingerprint density at radius 2 is 1.43 bits per heavy atom. The second-order valence-corrected chi connectivity index (χ2v) is 6.04. The predicted octanol–water partition coefficient (Wildman–Crippen LogP) is 2.83. The SMILES string of the molecule is CCCCO[Si](CC)(OCC)OCC. The second-order valence-electron chi connectivity index (χ2n) is 3.10. The molecule has 0 saturated carbocycles. The molecule has 0 rings (SSSR count). The zero-order valence-corrected chi connectivity index (χ0v) is 11.0. The lowest BCUT2D eigenvalue weighted by Crippen LogP contribution is -2.45. The molecule has 0 saturated heterocycles. The standard InChI is InChI=1S/C10H24O3Si/c1-5-9-10-13-14(8-4,11-6-2)12-7-3/h5-10H2,1-4H3. The van der Waals surface area contributed by atoms with Gasteiger partial charge in [0.15, 0.2) is 0 Å². The quantitative estimate of drug-likeness (QED) is 0.442. The van der Waals surface area contributed by atoms with Crippen LogP contribution in [0.3, 0.4) is 0 Å². The van der Waals surface area contributed by atoms with Crippen molar-refractivity contribution >= 4 is 8.80 Å². The molecule has 14 heavy (non-hydrogen) atoms. The first-order valence-electron chi connectivity index (χ1n) is 5.66. The first-order valence-corrected chi connectivity index (χ1v) is 7.59. The Hall–Kier alpha value is 0.0969. The Morgan fingerprint density at radius 3 is 1.79 bits per heavy atom. The molecule has 3 nitrogen and oxygen atoms in total. The number of hydrogen-bond donors (Lipinski definition) is 0. The topological polar surface area (TPSA) is 27.7 Å². The van der Waals surface area contributed by atoms with Crippen molar-refractivity contribution in [2.24, 2.45) is 0 Å². The fourth-order valence-corrected chi connectivity index (χ4v) is 3.44. The van der Waals surface area contributed by atoms with Crippen molar-refractivity contribution < 1.29 is 13.3 Å². The van der Waals surface area contributed by atoms with Crippen molar-refractivity contribution in [3.8, 4) is 0 Å². The van der Waals surface area contributed by atoms with Gasteiger partial charge < -0.3 is 13.3 Å². The number of unbranched alkanes of at least 4 members (excludes halogenated alkanes) is 1. The van der Waals surface area contributed by atoms with Gasteiger partial charge >= 0.3 is 8.80 Å². The maximum absolute atomic E-state index is 5.79. The van der Waals surface area contributed by atoms with Crippen LogP contribution in [0.4, 0.5) is 0 Å². The van der Waals surface area contributed by atoms with E-state index < -0.39 is 8.80 Å². The molecule has 0 aliphatic rings. The molecule has 0 aliphatic heterocycles. The Bertz CT molecular complexity index is 125. The molecular weight excluding hydrogens is 196 g/mol. The molecule has 0 fully saturated rings. The van der Waals surface area contributed by atoms with Gasteiger partial charge in [0.25, 0.3) is 0 Å². The summed E-state index contributed by atoms with van der Waals surface area (Å²) in [7, 11) is -2.31. The van der Waals surface area contributed by atoms with Gasteiger partial charge in [0.05, 0.1) is 0 Å². The summed E-state index contributed by atoms with van der Waals surface area (Å²) in [6, 6.07) is 0.860. The highest BCUT2D eigenvalue weighted by Crippen LogP contribution is 2.15. The van der Waals surface area contributed by atoms with Gasteiger partial charge in [0.2, 0.25) is 0 Å². The van der Waals surface area contributed by atoms with Crippen molar-refractivity contribution in [2.75, 3.05) is 19.8 Å². The molecular formula is C10H24O3Si. The summed E-state index contributed by atoms with van der Waals surface area (Å²) in [6.45, 7) is 10.3. The summed E-state index contributed by atoms with van der Waals surface area (Å²) >= 11 is 0. The predicted molar refractivity (Wildman–Crippen MR) is 60.3 cm³/mol. The van der Waals surface area contributed by atoms with Crippen molar-refractivity contribution in [1.82, 2.24) is 0 Å². The van der Waals surface area contributed by atoms with Gasteiger partial charge in [-0.1, -0.05) is 20.3 Å². The molecule has 0 spiro atoms. The van der Waals surface area contributed by atoms with Gasteiger partial charge in [-0.25, -0.2) is 0 Å². The zero-order chi connectivity index (χ0) is 10.9. The van der Waals surface area contributed by atoms with Crippen LogP contribution in [-0.4, -0.2) is 28.6 Å². The zero-order valence-electron chi connectivity index (χ0n) is 9.97. The molecule has 0 aromatic heterocycles. The molecule has 0 aromatic carbocycles. The largest absolute Gasteiger partial charge is 0.500 e. The molecule has 4 heteroatoms. The molecule has 0 atom stereocenters. The fourth-order valence-electron chi connectivity index (χ4n) is 1.24. The van der Waals surface area contributed by atoms with E-state index >= 15 is 0 Å². The molecule has 0 bridgehead atoms. The minimum absolute atomic E-state index is 0.673. The second kappa shape index (κ2) is 8.41. The van der Waals surface area contributed by atoms with Crippen molar-refractivity contribution in [1.29, 1.82) is 0 Å². The van der Waals surface area contributed by atoms with E-state index in [0.717, 1.165) is 25.5 Å². The first kappa shape index (κ1) is 14.1. The van der Waals surface area contributed by atoms with Crippen LogP contribution in [0.5, 0.6) is 0 Å². The summed E-state index contributed by atoms with van der Waals surface area (Å²) in [5, 5.41) is 0. The Morgan fingerprint density at radius 1 is 0.857 bits per heavy atom. The average molecular weight is 220 g/mol. The van der Waals surface area contributed by atoms with Crippen LogP contribution in [0.15, 0.2) is 0 Å². The van der Waals surface area contributed by atoms with Crippen molar-refractivity contribution in [2.45, 2.75) is 46.6 Å². The highest BCUT2D eigenvalue weighted by molar-refractivity contribution is 6.60. The molecule has 0 amide bonds. The molecule has 0 radical (unpaired) electrons. The monoisotopic (exact) mass is 220 g/mol. The van der Waals surface area contributed by atoms with Crippen LogP contribution < -0.4 is 0 Å². The van der Waals surface area contributed by atoms with E-state index in [4.69, 9.17) is 13.3 Å². The van der Waals surface area contributed by atoms with Crippen LogP contribution in [0.25, 0.3) is 0 Å². The molecule has 0 heterocycles. The minimum Gasteiger partial charge on any atom is -0.374 e. The molecule has 0 unspecified atom stereocenters. The molecule has 0 N–H and O–H groups in total. The smallest absolute Gasteiger partial charge is 0.374 e. The van der Waals surface area contributed by atoms with Gasteiger partial charge in [0.1, 0.15) is 0 Å². The van der Waals surface area contributed by atoms with Gasteiger partial charge in [-0.05, 0) is 20.3 Å². The number of hydrogen-bond acceptors (Lipinski definition) is 3. The maximum Gasteiger partial charge on any atom is 0.500 e. The molecule has 0 aliphatic carbocycles. The average Bonchev–Trinajstić information content (AvgIpc) is 2.19. The highest BCUT2D eigenvalue weighted by atomic mass is 28.4. The van der Waals surface area contributed by atoms with E-state index in [1.165, 1.54) is 0 Å². The summed E-state index contributed by atoms with van der Waals surface area (Å²) < 4.78 is 17.1. The summed E-state index contributed by atoms with van der Waals surface area (Å²) in [6.07, 6.45) is 2.22. The van der Waals surface area contributed by atoms with E-state index in [2.05, 4.69) is 13.8 Å². The van der Waals surface area contributed by atoms with Gasteiger partial charge in [0, 0.05) is 25.9 Å². The molecule has 86 valence electrons. The van der Waals surface area contributed by atoms with E-state index in [1.54, 1.807) is 0 Å². The lowest BCUT2D eigenvalue weighted by Gasteiger charge is -2.27. The Labute approximate surface area is 89.1 Å². The Balaban J connectivity index is 4.03. The molecule has 0 aromatic rings. The number of rotatable bonds is 9. The van der Waals surface area contributed by atoms with E-state index in [0.29, 0.717) is 13.2 Å². The van der Waals surface area contributed by atoms with Crippen LogP contribution in [-0.2, 0) is 13.3 Å². The minimum atomic E-state index is -2.31. The van der Waals surface area contributed by atoms with Gasteiger partial charge in [-0.15, -0.1) is 0 Å². The Kier molecular flexibility index (Phi) is 8.47. The third-order valence-corrected chi connectivity index (χ3v) is 4.95. The van der Waals surface area contributed by atoms with E-state index in [9.17, 15) is 0 Å². The summed E-state index contributed by atoms with van der Waals surface area (Å²) in [5.74, 6) is 0. The lowest BCUT2D eigenvalue weighted by atomic mass is 10.4. The normalized spacial score (nSPS) is 12.0. The van der Waals surface area contributed by atoms with Crippen LogP contribution >= 0.6 is 0 Å². The van der Waals surface area contributed by atoms with Gasteiger partial charge in [-0.2, -0.15) is 0 Å². The fraction of sp³-hybridized carbons (Fsp3) is 1.00. The van der Waals surface area contributed by atoms with Crippen LogP contribution in [0.1, 0.15) is 40.5 Å². The third kappa shape index (κ3) is 5.10.